The van der Waals surface area contributed by atoms with Gasteiger partial charge in [0.25, 0.3) is 0 Å². The van der Waals surface area contributed by atoms with Crippen LogP contribution in [-0.2, 0) is 20.2 Å². The molecule has 0 fully saturated rings. The molecule has 3 heteroatoms. The molecule has 66 valence electrons. The Balaban J connectivity index is 3.21. The van der Waals surface area contributed by atoms with Crippen molar-refractivity contribution < 1.29 is 20.2 Å². The van der Waals surface area contributed by atoms with E-state index in [1.54, 1.807) is 0 Å². The second-order valence-electron chi connectivity index (χ2n) is 2.37. The summed E-state index contributed by atoms with van der Waals surface area (Å²) in [7, 11) is 1.94. The fourth-order valence-electron chi connectivity index (χ4n) is 0.843. The summed E-state index contributed by atoms with van der Waals surface area (Å²) in [5.41, 5.74) is 0. The number of nitrogens with one attached hydrogen (secondary N) is 1. The minimum atomic E-state index is 0.262. The van der Waals surface area contributed by atoms with Crippen LogP contribution in [0.15, 0.2) is 0 Å². The van der Waals surface area contributed by atoms with Gasteiger partial charge in [-0.15, -0.1) is 0 Å². The van der Waals surface area contributed by atoms with Gasteiger partial charge in [-0.25, -0.2) is 0 Å². The summed E-state index contributed by atoms with van der Waals surface area (Å²) in [5, 5.41) is 3.06. The molecule has 1 atom stereocenters. The zero-order chi connectivity index (χ0) is 7.82. The Hall–Kier alpha value is 0.439. The SMILES string of the molecule is CCCC(CCNC)[O][Cu]. The van der Waals surface area contributed by atoms with E-state index in [0.717, 1.165) is 25.8 Å². The van der Waals surface area contributed by atoms with Crippen LogP contribution in [0.1, 0.15) is 26.2 Å². The molecule has 10 heavy (non-hydrogen) atoms. The molecule has 0 aliphatic heterocycles. The molecule has 0 amide bonds. The molecule has 0 bridgehead atoms. The molecule has 0 radical (unpaired) electrons. The number of hydrogen-bond donors (Lipinski definition) is 1. The predicted molar refractivity (Wildman–Crippen MR) is 38.3 cm³/mol. The van der Waals surface area contributed by atoms with Crippen LogP contribution in [0.5, 0.6) is 0 Å². The first-order valence-corrected chi connectivity index (χ1v) is 4.12. The van der Waals surface area contributed by atoms with Crippen molar-refractivity contribution >= 4 is 0 Å². The quantitative estimate of drug-likeness (QED) is 0.642. The monoisotopic (exact) mass is 193 g/mol. The molecule has 0 aliphatic rings. The van der Waals surface area contributed by atoms with E-state index in [1.165, 1.54) is 0 Å². The number of hydrogen-bond acceptors (Lipinski definition) is 2. The molecule has 0 saturated carbocycles. The molecule has 1 unspecified atom stereocenters. The summed E-state index contributed by atoms with van der Waals surface area (Å²) in [4.78, 5) is 0. The first-order valence-electron chi connectivity index (χ1n) is 3.74. The van der Waals surface area contributed by atoms with Crippen LogP contribution in [0.4, 0.5) is 0 Å². The molecule has 2 nitrogen and oxygen atoms in total. The Morgan fingerprint density at radius 2 is 2.20 bits per heavy atom. The Morgan fingerprint density at radius 3 is 2.60 bits per heavy atom. The Labute approximate surface area is 71.9 Å². The van der Waals surface area contributed by atoms with E-state index in [9.17, 15) is 0 Å². The molecule has 0 rings (SSSR count). The van der Waals surface area contributed by atoms with Crippen molar-refractivity contribution in [2.75, 3.05) is 13.6 Å². The van der Waals surface area contributed by atoms with Crippen LogP contribution in [0.2, 0.25) is 0 Å². The number of rotatable bonds is 6. The maximum atomic E-state index is 4.82. The average molecular weight is 194 g/mol. The van der Waals surface area contributed by atoms with Crippen molar-refractivity contribution in [1.29, 1.82) is 0 Å². The first kappa shape index (κ1) is 10.4. The van der Waals surface area contributed by atoms with Gasteiger partial charge in [0.15, 0.2) is 0 Å². The Kier molecular flexibility index (Phi) is 7.88. The molecular weight excluding hydrogens is 178 g/mol. The third-order valence-electron chi connectivity index (χ3n) is 1.43. The second kappa shape index (κ2) is 7.55. The predicted octanol–water partition coefficient (Wildman–Crippen LogP) is 1.24. The third-order valence-corrected chi connectivity index (χ3v) is 1.74. The van der Waals surface area contributed by atoms with Gasteiger partial charge < -0.3 is 0 Å². The van der Waals surface area contributed by atoms with Crippen molar-refractivity contribution in [1.82, 2.24) is 5.32 Å². The molecule has 0 aromatic carbocycles. The van der Waals surface area contributed by atoms with Crippen molar-refractivity contribution in [3.63, 3.8) is 0 Å². The molecule has 0 aromatic rings. The van der Waals surface area contributed by atoms with E-state index in [4.69, 9.17) is 3.82 Å². The fraction of sp³-hybridized carbons (Fsp3) is 1.00. The molecule has 1 N–H and O–H groups in total. The molecule has 0 spiro atoms. The van der Waals surface area contributed by atoms with Crippen molar-refractivity contribution in [3.8, 4) is 0 Å². The van der Waals surface area contributed by atoms with Gasteiger partial charge in [0.05, 0.1) is 0 Å². The zero-order valence-electron chi connectivity index (χ0n) is 6.62. The minimum absolute atomic E-state index is 0.262. The summed E-state index contributed by atoms with van der Waals surface area (Å²) in [6, 6.07) is 0. The van der Waals surface area contributed by atoms with E-state index in [1.807, 2.05) is 7.05 Å². The van der Waals surface area contributed by atoms with Gasteiger partial charge in [-0.1, -0.05) is 0 Å². The van der Waals surface area contributed by atoms with Crippen LogP contribution in [-0.4, -0.2) is 19.7 Å². The van der Waals surface area contributed by atoms with Crippen molar-refractivity contribution in [3.05, 3.63) is 0 Å². The second-order valence-corrected chi connectivity index (χ2v) is 2.60. The fourth-order valence-corrected chi connectivity index (χ4v) is 1.06. The third kappa shape index (κ3) is 5.24. The first-order chi connectivity index (χ1) is 4.85. The molecule has 0 aromatic heterocycles. The van der Waals surface area contributed by atoms with E-state index in [-0.39, 0.29) is 6.10 Å². The van der Waals surface area contributed by atoms with Gasteiger partial charge in [0.1, 0.15) is 0 Å². The summed E-state index contributed by atoms with van der Waals surface area (Å²) in [5.74, 6) is 0. The zero-order valence-corrected chi connectivity index (χ0v) is 7.56. The van der Waals surface area contributed by atoms with Crippen LogP contribution in [0.3, 0.4) is 0 Å². The van der Waals surface area contributed by atoms with E-state index in [0.29, 0.717) is 0 Å². The van der Waals surface area contributed by atoms with Crippen LogP contribution < -0.4 is 5.32 Å². The van der Waals surface area contributed by atoms with Gasteiger partial charge in [-0.3, -0.25) is 0 Å². The van der Waals surface area contributed by atoms with E-state index >= 15 is 0 Å². The van der Waals surface area contributed by atoms with Crippen LogP contribution in [0.25, 0.3) is 0 Å². The topological polar surface area (TPSA) is 21.3 Å². The summed E-state index contributed by atoms with van der Waals surface area (Å²) in [6.07, 6.45) is 3.49. The average Bonchev–Trinajstić information content (AvgIpc) is 1.98. The van der Waals surface area contributed by atoms with Gasteiger partial charge in [0, 0.05) is 0 Å². The normalized spacial score (nSPS) is 13.6. The Morgan fingerprint density at radius 1 is 1.50 bits per heavy atom. The molecule has 0 heterocycles. The van der Waals surface area contributed by atoms with E-state index in [2.05, 4.69) is 28.6 Å². The van der Waals surface area contributed by atoms with Gasteiger partial charge in [0.2, 0.25) is 0 Å². The van der Waals surface area contributed by atoms with Gasteiger partial charge >= 0.3 is 71.4 Å². The molecular formula is C7H16CuNO. The van der Waals surface area contributed by atoms with Crippen molar-refractivity contribution in [2.24, 2.45) is 0 Å². The van der Waals surface area contributed by atoms with Gasteiger partial charge in [-0.05, 0) is 0 Å². The maximum absolute atomic E-state index is 4.82. The summed E-state index contributed by atoms with van der Waals surface area (Å²) >= 11 is 4.66. The van der Waals surface area contributed by atoms with Crippen LogP contribution >= 0.6 is 0 Å². The summed E-state index contributed by atoms with van der Waals surface area (Å²) in [6.45, 7) is 3.12. The standard InChI is InChI=1S/C7H16NO.Cu/c1-3-4-7(9)5-6-8-2;/h7-8H,3-6H2,1-2H3;/q-1;+1. The Bertz CT molecular complexity index is 70.6. The van der Waals surface area contributed by atoms with Gasteiger partial charge in [-0.2, -0.15) is 0 Å². The molecule has 0 aliphatic carbocycles. The molecule has 0 saturated heterocycles. The van der Waals surface area contributed by atoms with Crippen LogP contribution in [0, 0.1) is 0 Å². The van der Waals surface area contributed by atoms with Crippen molar-refractivity contribution in [2.45, 2.75) is 32.3 Å². The summed E-state index contributed by atoms with van der Waals surface area (Å²) < 4.78 is 4.82. The van der Waals surface area contributed by atoms with E-state index < -0.39 is 0 Å².